The molecule has 0 unspecified atom stereocenters. The van der Waals surface area contributed by atoms with E-state index in [0.717, 1.165) is 19.2 Å². The molecule has 0 radical (unpaired) electrons. The van der Waals surface area contributed by atoms with Gasteiger partial charge in [0.05, 0.1) is 12.7 Å². The van der Waals surface area contributed by atoms with Crippen LogP contribution in [0.15, 0.2) is 22.7 Å². The van der Waals surface area contributed by atoms with E-state index in [1.165, 1.54) is 13.0 Å². The number of alkyl carbamates (subject to hydrolysis) is 1. The Morgan fingerprint density at radius 3 is 2.55 bits per heavy atom. The SMILES string of the molecule is COC(=O)NC(=O)[C@@H](C)OC(=O)c1ccc(F)cc1Br. The van der Waals surface area contributed by atoms with Gasteiger partial charge in [0.2, 0.25) is 0 Å². The van der Waals surface area contributed by atoms with Gasteiger partial charge in [-0.05, 0) is 41.1 Å². The second kappa shape index (κ2) is 6.99. The van der Waals surface area contributed by atoms with Gasteiger partial charge in [0, 0.05) is 4.47 Å². The molecule has 0 spiro atoms. The van der Waals surface area contributed by atoms with Gasteiger partial charge in [-0.15, -0.1) is 0 Å². The summed E-state index contributed by atoms with van der Waals surface area (Å²) in [5.74, 6) is -2.18. The topological polar surface area (TPSA) is 81.7 Å². The van der Waals surface area contributed by atoms with Crippen LogP contribution in [0, 0.1) is 5.82 Å². The Morgan fingerprint density at radius 2 is 2.00 bits per heavy atom. The molecule has 0 bridgehead atoms. The predicted molar refractivity (Wildman–Crippen MR) is 69.5 cm³/mol. The molecule has 0 saturated carbocycles. The van der Waals surface area contributed by atoms with E-state index in [1.807, 2.05) is 5.32 Å². The highest BCUT2D eigenvalue weighted by Crippen LogP contribution is 2.19. The van der Waals surface area contributed by atoms with Crippen LogP contribution in [-0.4, -0.2) is 31.2 Å². The molecule has 1 aromatic rings. The first-order valence-electron chi connectivity index (χ1n) is 5.40. The van der Waals surface area contributed by atoms with Crippen LogP contribution >= 0.6 is 15.9 Å². The zero-order valence-corrected chi connectivity index (χ0v) is 12.2. The van der Waals surface area contributed by atoms with Gasteiger partial charge >= 0.3 is 12.1 Å². The number of methoxy groups -OCH3 is 1. The summed E-state index contributed by atoms with van der Waals surface area (Å²) in [6.07, 6.45) is -2.17. The number of ether oxygens (including phenoxy) is 2. The standard InChI is InChI=1S/C12H11BrFNO5/c1-6(10(16)15-12(18)19-2)20-11(17)8-4-3-7(14)5-9(8)13/h3-6H,1-2H3,(H,15,16,18)/t6-/m1/s1. The molecular formula is C12H11BrFNO5. The molecule has 108 valence electrons. The van der Waals surface area contributed by atoms with Crippen LogP contribution < -0.4 is 5.32 Å². The van der Waals surface area contributed by atoms with Crippen molar-refractivity contribution in [2.75, 3.05) is 7.11 Å². The third-order valence-electron chi connectivity index (χ3n) is 2.21. The average molecular weight is 348 g/mol. The fourth-order valence-electron chi connectivity index (χ4n) is 1.19. The molecule has 0 heterocycles. The molecule has 0 aromatic heterocycles. The van der Waals surface area contributed by atoms with Crippen molar-refractivity contribution in [2.24, 2.45) is 0 Å². The lowest BCUT2D eigenvalue weighted by molar-refractivity contribution is -0.128. The van der Waals surface area contributed by atoms with Crippen molar-refractivity contribution >= 4 is 33.9 Å². The van der Waals surface area contributed by atoms with Crippen LogP contribution in [0.5, 0.6) is 0 Å². The van der Waals surface area contributed by atoms with Gasteiger partial charge in [0.25, 0.3) is 5.91 Å². The minimum absolute atomic E-state index is 0.0594. The first-order chi connectivity index (χ1) is 9.35. The van der Waals surface area contributed by atoms with Crippen LogP contribution in [0.1, 0.15) is 17.3 Å². The molecule has 0 aliphatic heterocycles. The highest BCUT2D eigenvalue weighted by atomic mass is 79.9. The minimum atomic E-state index is -1.21. The van der Waals surface area contributed by atoms with Gasteiger partial charge in [-0.3, -0.25) is 10.1 Å². The first-order valence-corrected chi connectivity index (χ1v) is 6.19. The van der Waals surface area contributed by atoms with Gasteiger partial charge in [-0.1, -0.05) is 0 Å². The van der Waals surface area contributed by atoms with Crippen molar-refractivity contribution in [3.05, 3.63) is 34.1 Å². The van der Waals surface area contributed by atoms with Crippen LogP contribution in [0.25, 0.3) is 0 Å². The largest absolute Gasteiger partial charge is 0.453 e. The van der Waals surface area contributed by atoms with E-state index in [1.54, 1.807) is 0 Å². The van der Waals surface area contributed by atoms with Gasteiger partial charge in [0.1, 0.15) is 5.82 Å². The van der Waals surface area contributed by atoms with Crippen LogP contribution in [0.3, 0.4) is 0 Å². The molecule has 1 N–H and O–H groups in total. The molecule has 0 fully saturated rings. The van der Waals surface area contributed by atoms with Crippen molar-refractivity contribution < 1.29 is 28.2 Å². The molecule has 8 heteroatoms. The number of rotatable bonds is 3. The summed E-state index contributed by atoms with van der Waals surface area (Å²) in [6, 6.07) is 3.39. The molecule has 1 aromatic carbocycles. The average Bonchev–Trinajstić information content (AvgIpc) is 2.37. The summed E-state index contributed by atoms with van der Waals surface area (Å²) in [6.45, 7) is 1.29. The van der Waals surface area contributed by atoms with E-state index in [2.05, 4.69) is 20.7 Å². The second-order valence-electron chi connectivity index (χ2n) is 3.65. The van der Waals surface area contributed by atoms with E-state index in [9.17, 15) is 18.8 Å². The number of carbonyl (C=O) groups excluding carboxylic acids is 3. The summed E-state index contributed by atoms with van der Waals surface area (Å²) in [5, 5.41) is 1.86. The quantitative estimate of drug-likeness (QED) is 0.846. The van der Waals surface area contributed by atoms with E-state index >= 15 is 0 Å². The third-order valence-corrected chi connectivity index (χ3v) is 2.87. The molecule has 0 saturated heterocycles. The predicted octanol–water partition coefficient (Wildman–Crippen LogP) is 2.02. The number of halogens is 2. The maximum Gasteiger partial charge on any atom is 0.413 e. The smallest absolute Gasteiger partial charge is 0.413 e. The zero-order valence-electron chi connectivity index (χ0n) is 10.6. The first kappa shape index (κ1) is 16.1. The normalized spacial score (nSPS) is 11.4. The third kappa shape index (κ3) is 4.30. The fraction of sp³-hybridized carbons (Fsp3) is 0.250. The van der Waals surface area contributed by atoms with Crippen molar-refractivity contribution in [2.45, 2.75) is 13.0 Å². The number of hydrogen-bond donors (Lipinski definition) is 1. The fourth-order valence-corrected chi connectivity index (χ4v) is 1.70. The monoisotopic (exact) mass is 347 g/mol. The van der Waals surface area contributed by atoms with E-state index in [4.69, 9.17) is 4.74 Å². The summed E-state index contributed by atoms with van der Waals surface area (Å²) in [7, 11) is 1.09. The maximum absolute atomic E-state index is 12.9. The lowest BCUT2D eigenvalue weighted by Gasteiger charge is -2.13. The number of nitrogens with one attached hydrogen (secondary N) is 1. The van der Waals surface area contributed by atoms with Crippen molar-refractivity contribution in [3.8, 4) is 0 Å². The Morgan fingerprint density at radius 1 is 1.35 bits per heavy atom. The highest BCUT2D eigenvalue weighted by Gasteiger charge is 2.22. The second-order valence-corrected chi connectivity index (χ2v) is 4.51. The Bertz CT molecular complexity index is 549. The lowest BCUT2D eigenvalue weighted by atomic mass is 10.2. The number of imide groups is 1. The molecular weight excluding hydrogens is 337 g/mol. The van der Waals surface area contributed by atoms with Crippen molar-refractivity contribution in [3.63, 3.8) is 0 Å². The molecule has 20 heavy (non-hydrogen) atoms. The van der Waals surface area contributed by atoms with Gasteiger partial charge in [-0.25, -0.2) is 14.0 Å². The summed E-state index contributed by atoms with van der Waals surface area (Å²) in [5.41, 5.74) is 0.0594. The summed E-state index contributed by atoms with van der Waals surface area (Å²) < 4.78 is 22.2. The van der Waals surface area contributed by atoms with E-state index < -0.39 is 29.9 Å². The van der Waals surface area contributed by atoms with Crippen LogP contribution in [0.2, 0.25) is 0 Å². The number of esters is 1. The molecule has 1 rings (SSSR count). The molecule has 1 atom stereocenters. The summed E-state index contributed by atoms with van der Waals surface area (Å²) >= 11 is 3.01. The Kier molecular flexibility index (Phi) is 5.63. The maximum atomic E-state index is 12.9. The van der Waals surface area contributed by atoms with E-state index in [-0.39, 0.29) is 10.0 Å². The molecule has 0 aliphatic carbocycles. The summed E-state index contributed by atoms with van der Waals surface area (Å²) in [4.78, 5) is 34.1. The Labute approximate surface area is 122 Å². The number of carbonyl (C=O) groups is 3. The van der Waals surface area contributed by atoms with Gasteiger partial charge in [0.15, 0.2) is 6.10 Å². The number of benzene rings is 1. The number of hydrogen-bond acceptors (Lipinski definition) is 5. The zero-order chi connectivity index (χ0) is 15.3. The van der Waals surface area contributed by atoms with E-state index in [0.29, 0.717) is 0 Å². The van der Waals surface area contributed by atoms with Crippen LogP contribution in [0.4, 0.5) is 9.18 Å². The molecule has 0 aliphatic rings. The highest BCUT2D eigenvalue weighted by molar-refractivity contribution is 9.10. The molecule has 2 amide bonds. The Hall–Kier alpha value is -1.96. The molecule has 6 nitrogen and oxygen atoms in total. The van der Waals surface area contributed by atoms with Crippen molar-refractivity contribution in [1.82, 2.24) is 5.32 Å². The van der Waals surface area contributed by atoms with Gasteiger partial charge < -0.3 is 9.47 Å². The lowest BCUT2D eigenvalue weighted by Crippen LogP contribution is -2.39. The number of amides is 2. The minimum Gasteiger partial charge on any atom is -0.453 e. The van der Waals surface area contributed by atoms with Crippen molar-refractivity contribution in [1.29, 1.82) is 0 Å². The Balaban J connectivity index is 2.70. The van der Waals surface area contributed by atoms with Crippen LogP contribution in [-0.2, 0) is 14.3 Å². The van der Waals surface area contributed by atoms with Gasteiger partial charge in [-0.2, -0.15) is 0 Å².